The summed E-state index contributed by atoms with van der Waals surface area (Å²) >= 11 is 3.41. The Morgan fingerprint density at radius 3 is 1.97 bits per heavy atom. The minimum Gasteiger partial charge on any atom is -0.497 e. The highest BCUT2D eigenvalue weighted by Gasteiger charge is 2.15. The third-order valence-electron chi connectivity index (χ3n) is 5.00. The van der Waals surface area contributed by atoms with E-state index >= 15 is 0 Å². The van der Waals surface area contributed by atoms with Gasteiger partial charge in [0.2, 0.25) is 0 Å². The second kappa shape index (κ2) is 13.0. The first-order valence-corrected chi connectivity index (χ1v) is 11.7. The van der Waals surface area contributed by atoms with Crippen molar-refractivity contribution in [2.45, 2.75) is 0 Å². The first-order chi connectivity index (χ1) is 17.9. The van der Waals surface area contributed by atoms with Crippen molar-refractivity contribution in [2.75, 3.05) is 38.6 Å². The van der Waals surface area contributed by atoms with Gasteiger partial charge in [-0.1, -0.05) is 0 Å². The molecule has 0 fully saturated rings. The second-order valence-corrected chi connectivity index (χ2v) is 8.31. The van der Waals surface area contributed by atoms with E-state index in [0.29, 0.717) is 44.4 Å². The van der Waals surface area contributed by atoms with E-state index in [9.17, 15) is 14.9 Å². The summed E-state index contributed by atoms with van der Waals surface area (Å²) in [5, 5.41) is 15.0. The molecule has 2 N–H and O–H groups in total. The third-order valence-corrected chi connectivity index (χ3v) is 5.59. The molecule has 0 saturated carbocycles. The Hall–Kier alpha value is -4.49. The Bertz CT molecular complexity index is 1330. The van der Waals surface area contributed by atoms with Gasteiger partial charge in [0.05, 0.1) is 25.8 Å². The predicted octanol–water partition coefficient (Wildman–Crippen LogP) is 5.04. The van der Waals surface area contributed by atoms with Gasteiger partial charge in [-0.3, -0.25) is 9.59 Å². The molecule has 9 nitrogen and oxygen atoms in total. The van der Waals surface area contributed by atoms with Crippen molar-refractivity contribution >= 4 is 45.2 Å². The minimum atomic E-state index is -0.571. The molecule has 0 aromatic heterocycles. The smallest absolute Gasteiger partial charge is 0.266 e. The molecule has 0 atom stereocenters. The standard InChI is InChI=1S/C27H24BrN3O6/c1-34-21-8-4-19(5-9-21)30-25(32)16-37-26-23(28)13-17(14-24(26)36-3)12-18(15-29)27(33)31-20-6-10-22(35-2)11-7-20/h4-14H,16H2,1-3H3,(H,30,32)(H,31,33)/b18-12-. The van der Waals surface area contributed by atoms with Crippen LogP contribution in [0.5, 0.6) is 23.0 Å². The number of nitriles is 1. The molecule has 0 aliphatic heterocycles. The van der Waals surface area contributed by atoms with E-state index in [1.165, 1.54) is 13.2 Å². The maximum Gasteiger partial charge on any atom is 0.266 e. The molecule has 190 valence electrons. The lowest BCUT2D eigenvalue weighted by molar-refractivity contribution is -0.118. The summed E-state index contributed by atoms with van der Waals surface area (Å²) in [5.41, 5.74) is 1.51. The molecule has 3 rings (SSSR count). The third kappa shape index (κ3) is 7.49. The van der Waals surface area contributed by atoms with E-state index < -0.39 is 5.91 Å². The molecule has 0 aliphatic rings. The van der Waals surface area contributed by atoms with Gasteiger partial charge in [0, 0.05) is 11.4 Å². The number of nitrogens with one attached hydrogen (secondary N) is 2. The first kappa shape index (κ1) is 27.1. The molecule has 0 radical (unpaired) electrons. The molecule has 0 heterocycles. The van der Waals surface area contributed by atoms with Gasteiger partial charge in [-0.2, -0.15) is 5.26 Å². The maximum atomic E-state index is 12.6. The topological polar surface area (TPSA) is 119 Å². The number of halogens is 1. The number of benzene rings is 3. The van der Waals surface area contributed by atoms with Crippen LogP contribution in [0.3, 0.4) is 0 Å². The number of hydrogen-bond donors (Lipinski definition) is 2. The van der Waals surface area contributed by atoms with E-state index in [0.717, 1.165) is 0 Å². The molecule has 0 aliphatic carbocycles. The molecule has 10 heteroatoms. The van der Waals surface area contributed by atoms with Gasteiger partial charge in [0.1, 0.15) is 23.1 Å². The van der Waals surface area contributed by atoms with Crippen LogP contribution in [-0.4, -0.2) is 39.8 Å². The highest BCUT2D eigenvalue weighted by atomic mass is 79.9. The molecule has 0 spiro atoms. The predicted molar refractivity (Wildman–Crippen MR) is 143 cm³/mol. The van der Waals surface area contributed by atoms with Crippen molar-refractivity contribution in [3.63, 3.8) is 0 Å². The van der Waals surface area contributed by atoms with E-state index in [1.54, 1.807) is 74.9 Å². The highest BCUT2D eigenvalue weighted by Crippen LogP contribution is 2.37. The Balaban J connectivity index is 1.70. The van der Waals surface area contributed by atoms with Crippen molar-refractivity contribution in [3.8, 4) is 29.1 Å². The van der Waals surface area contributed by atoms with Crippen LogP contribution >= 0.6 is 15.9 Å². The van der Waals surface area contributed by atoms with Crippen molar-refractivity contribution in [1.29, 1.82) is 5.26 Å². The zero-order valence-corrected chi connectivity index (χ0v) is 21.9. The summed E-state index contributed by atoms with van der Waals surface area (Å²) in [6.07, 6.45) is 1.42. The minimum absolute atomic E-state index is 0.114. The van der Waals surface area contributed by atoms with Gasteiger partial charge in [0.25, 0.3) is 11.8 Å². The summed E-state index contributed by atoms with van der Waals surface area (Å²) in [6, 6.07) is 18.8. The number of nitrogens with zero attached hydrogens (tertiary/aromatic N) is 1. The fraction of sp³-hybridized carbons (Fsp3) is 0.148. The van der Waals surface area contributed by atoms with E-state index in [2.05, 4.69) is 26.6 Å². The fourth-order valence-corrected chi connectivity index (χ4v) is 3.73. The summed E-state index contributed by atoms with van der Waals surface area (Å²) in [5.74, 6) is 0.987. The van der Waals surface area contributed by atoms with Crippen LogP contribution in [0.25, 0.3) is 6.08 Å². The summed E-state index contributed by atoms with van der Waals surface area (Å²) in [4.78, 5) is 25.0. The van der Waals surface area contributed by atoms with E-state index in [-0.39, 0.29) is 18.1 Å². The van der Waals surface area contributed by atoms with Gasteiger partial charge in [0.15, 0.2) is 18.1 Å². The molecule has 3 aromatic rings. The van der Waals surface area contributed by atoms with Crippen LogP contribution in [0.15, 0.2) is 70.7 Å². The molecule has 0 saturated heterocycles. The maximum absolute atomic E-state index is 12.6. The molecule has 0 bridgehead atoms. The van der Waals surface area contributed by atoms with Crippen LogP contribution in [0, 0.1) is 11.3 Å². The molecule has 2 amide bonds. The highest BCUT2D eigenvalue weighted by molar-refractivity contribution is 9.10. The van der Waals surface area contributed by atoms with Gasteiger partial charge in [-0.25, -0.2) is 0 Å². The Labute approximate surface area is 222 Å². The zero-order chi connectivity index (χ0) is 26.8. The number of rotatable bonds is 10. The second-order valence-electron chi connectivity index (χ2n) is 7.45. The summed E-state index contributed by atoms with van der Waals surface area (Å²) in [6.45, 7) is -0.274. The van der Waals surface area contributed by atoms with E-state index in [4.69, 9.17) is 18.9 Å². The zero-order valence-electron chi connectivity index (χ0n) is 20.3. The molecule has 37 heavy (non-hydrogen) atoms. The van der Waals surface area contributed by atoms with E-state index in [1.807, 2.05) is 6.07 Å². The van der Waals surface area contributed by atoms with Gasteiger partial charge < -0.3 is 29.6 Å². The number of carbonyl (C=O) groups excluding carboxylic acids is 2. The summed E-state index contributed by atoms with van der Waals surface area (Å²) < 4.78 is 21.8. The Kier molecular flexibility index (Phi) is 9.52. The van der Waals surface area contributed by atoms with Gasteiger partial charge >= 0.3 is 0 Å². The first-order valence-electron chi connectivity index (χ1n) is 10.9. The average Bonchev–Trinajstić information content (AvgIpc) is 2.91. The van der Waals surface area contributed by atoms with Crippen molar-refractivity contribution < 1.29 is 28.5 Å². The normalized spacial score (nSPS) is 10.6. The van der Waals surface area contributed by atoms with Crippen LogP contribution in [0.2, 0.25) is 0 Å². The van der Waals surface area contributed by atoms with Crippen LogP contribution in [0.4, 0.5) is 11.4 Å². The molecule has 3 aromatic carbocycles. The lowest BCUT2D eigenvalue weighted by Crippen LogP contribution is -2.20. The number of anilines is 2. The quantitative estimate of drug-likeness (QED) is 0.261. The molecular weight excluding hydrogens is 542 g/mol. The number of carbonyl (C=O) groups is 2. The lowest BCUT2D eigenvalue weighted by Gasteiger charge is -2.14. The fourth-order valence-electron chi connectivity index (χ4n) is 3.16. The Morgan fingerprint density at radius 2 is 1.46 bits per heavy atom. The van der Waals surface area contributed by atoms with Gasteiger partial charge in [-0.05, 0) is 88.2 Å². The number of hydrogen-bond acceptors (Lipinski definition) is 7. The number of ether oxygens (including phenoxy) is 4. The SMILES string of the molecule is COc1ccc(NC(=O)COc2c(Br)cc(/C=C(/C#N)C(=O)Nc3ccc(OC)cc3)cc2OC)cc1. The van der Waals surface area contributed by atoms with Crippen molar-refractivity contribution in [1.82, 2.24) is 0 Å². The van der Waals surface area contributed by atoms with Crippen LogP contribution in [-0.2, 0) is 9.59 Å². The van der Waals surface area contributed by atoms with Crippen molar-refractivity contribution in [2.24, 2.45) is 0 Å². The van der Waals surface area contributed by atoms with Gasteiger partial charge in [-0.15, -0.1) is 0 Å². The Morgan fingerprint density at radius 1 is 0.892 bits per heavy atom. The molecular formula is C27H24BrN3O6. The monoisotopic (exact) mass is 565 g/mol. The lowest BCUT2D eigenvalue weighted by atomic mass is 10.1. The van der Waals surface area contributed by atoms with Crippen LogP contribution < -0.4 is 29.6 Å². The molecule has 0 unspecified atom stereocenters. The van der Waals surface area contributed by atoms with Crippen LogP contribution in [0.1, 0.15) is 5.56 Å². The summed E-state index contributed by atoms with van der Waals surface area (Å²) in [7, 11) is 4.55. The van der Waals surface area contributed by atoms with Crippen molar-refractivity contribution in [3.05, 3.63) is 76.3 Å². The number of amides is 2. The number of methoxy groups -OCH3 is 3. The average molecular weight is 566 g/mol. The largest absolute Gasteiger partial charge is 0.497 e.